The topological polar surface area (TPSA) is 38.3 Å². The van der Waals surface area contributed by atoms with E-state index in [9.17, 15) is 4.79 Å². The Labute approximate surface area is 117 Å². The molecule has 1 rings (SSSR count). The number of carbonyl (C=O) groups is 1. The number of hydrogen-bond acceptors (Lipinski definition) is 2. The molecular weight excluding hydrogens is 238 g/mol. The van der Waals surface area contributed by atoms with Crippen LogP contribution in [0.25, 0.3) is 0 Å². The maximum atomic E-state index is 11.7. The van der Waals surface area contributed by atoms with Gasteiger partial charge in [-0.25, -0.2) is 0 Å². The van der Waals surface area contributed by atoms with Crippen molar-refractivity contribution in [2.45, 2.75) is 46.0 Å². The van der Waals surface area contributed by atoms with Gasteiger partial charge in [-0.1, -0.05) is 31.9 Å². The van der Waals surface area contributed by atoms with Crippen molar-refractivity contribution in [1.82, 2.24) is 5.32 Å². The lowest BCUT2D eigenvalue weighted by Crippen LogP contribution is -2.32. The second kappa shape index (κ2) is 9.79. The Hall–Kier alpha value is -1.09. The molecule has 1 amide bonds. The van der Waals surface area contributed by atoms with Crippen LogP contribution in [-0.2, 0) is 9.53 Å². The molecule has 0 aliphatic carbocycles. The molecule has 1 aliphatic heterocycles. The summed E-state index contributed by atoms with van der Waals surface area (Å²) in [5.41, 5.74) is 1.01. The smallest absolute Gasteiger partial charge is 0.244 e. The Morgan fingerprint density at radius 2 is 2.32 bits per heavy atom. The summed E-state index contributed by atoms with van der Waals surface area (Å²) in [6.45, 7) is 6.51. The Bertz CT molecular complexity index is 315. The molecule has 108 valence electrons. The molecule has 0 saturated carbocycles. The predicted molar refractivity (Wildman–Crippen MR) is 79.0 cm³/mol. The van der Waals surface area contributed by atoms with E-state index in [0.717, 1.165) is 44.6 Å². The van der Waals surface area contributed by atoms with Crippen molar-refractivity contribution in [2.75, 3.05) is 19.8 Å². The summed E-state index contributed by atoms with van der Waals surface area (Å²) in [6, 6.07) is 0. The molecular formula is C16H27NO2. The average Bonchev–Trinajstić information content (AvgIpc) is 2.42. The SMILES string of the molecule is CCCC/C=C/C(C)=C/C(=O)NCC1CCCOC1. The van der Waals surface area contributed by atoms with Crippen LogP contribution in [0.2, 0.25) is 0 Å². The van der Waals surface area contributed by atoms with Crippen LogP contribution in [0.3, 0.4) is 0 Å². The van der Waals surface area contributed by atoms with E-state index in [0.29, 0.717) is 5.92 Å². The second-order valence-corrected chi connectivity index (χ2v) is 5.26. The van der Waals surface area contributed by atoms with Gasteiger partial charge in [-0.2, -0.15) is 0 Å². The molecule has 0 bridgehead atoms. The monoisotopic (exact) mass is 265 g/mol. The lowest BCUT2D eigenvalue weighted by atomic mass is 10.0. The van der Waals surface area contributed by atoms with Gasteiger partial charge >= 0.3 is 0 Å². The van der Waals surface area contributed by atoms with E-state index < -0.39 is 0 Å². The van der Waals surface area contributed by atoms with Gasteiger partial charge in [0.1, 0.15) is 0 Å². The second-order valence-electron chi connectivity index (χ2n) is 5.26. The van der Waals surface area contributed by atoms with Crippen LogP contribution in [0.4, 0.5) is 0 Å². The van der Waals surface area contributed by atoms with Gasteiger partial charge in [0.05, 0.1) is 6.61 Å². The number of unbranched alkanes of at least 4 members (excludes halogenated alkanes) is 2. The van der Waals surface area contributed by atoms with Gasteiger partial charge < -0.3 is 10.1 Å². The number of hydrogen-bond donors (Lipinski definition) is 1. The molecule has 1 aliphatic rings. The van der Waals surface area contributed by atoms with Gasteiger partial charge in [0.25, 0.3) is 0 Å². The first-order valence-corrected chi connectivity index (χ1v) is 7.42. The summed E-state index contributed by atoms with van der Waals surface area (Å²) in [5, 5.41) is 2.96. The zero-order chi connectivity index (χ0) is 13.9. The molecule has 1 saturated heterocycles. The molecule has 1 heterocycles. The van der Waals surface area contributed by atoms with Crippen LogP contribution in [0, 0.1) is 5.92 Å². The normalized spacial score (nSPS) is 20.7. The maximum Gasteiger partial charge on any atom is 0.244 e. The lowest BCUT2D eigenvalue weighted by Gasteiger charge is -2.21. The summed E-state index contributed by atoms with van der Waals surface area (Å²) < 4.78 is 5.39. The highest BCUT2D eigenvalue weighted by Crippen LogP contribution is 2.12. The van der Waals surface area contributed by atoms with Gasteiger partial charge in [-0.15, -0.1) is 0 Å². The van der Waals surface area contributed by atoms with Gasteiger partial charge in [-0.05, 0) is 37.7 Å². The molecule has 3 heteroatoms. The Morgan fingerprint density at radius 1 is 1.47 bits per heavy atom. The molecule has 3 nitrogen and oxygen atoms in total. The molecule has 0 radical (unpaired) electrons. The van der Waals surface area contributed by atoms with Crippen molar-refractivity contribution in [3.05, 3.63) is 23.8 Å². The first-order chi connectivity index (χ1) is 9.22. The van der Waals surface area contributed by atoms with E-state index >= 15 is 0 Å². The molecule has 0 aromatic heterocycles. The van der Waals surface area contributed by atoms with Crippen LogP contribution < -0.4 is 5.32 Å². The van der Waals surface area contributed by atoms with Crippen molar-refractivity contribution in [1.29, 1.82) is 0 Å². The summed E-state index contributed by atoms with van der Waals surface area (Å²) >= 11 is 0. The molecule has 1 N–H and O–H groups in total. The minimum absolute atomic E-state index is 0.00298. The molecule has 0 aromatic carbocycles. The zero-order valence-corrected chi connectivity index (χ0v) is 12.3. The molecule has 19 heavy (non-hydrogen) atoms. The molecule has 1 atom stereocenters. The van der Waals surface area contributed by atoms with Crippen LogP contribution in [0.15, 0.2) is 23.8 Å². The van der Waals surface area contributed by atoms with Gasteiger partial charge in [0.2, 0.25) is 5.91 Å². The molecule has 1 fully saturated rings. The van der Waals surface area contributed by atoms with E-state index in [1.165, 1.54) is 12.8 Å². The fourth-order valence-corrected chi connectivity index (χ4v) is 2.11. The van der Waals surface area contributed by atoms with E-state index in [4.69, 9.17) is 4.74 Å². The van der Waals surface area contributed by atoms with Gasteiger partial charge in [0, 0.05) is 19.2 Å². The van der Waals surface area contributed by atoms with Gasteiger partial charge in [0.15, 0.2) is 0 Å². The Kier molecular flexibility index (Phi) is 8.23. The summed E-state index contributed by atoms with van der Waals surface area (Å²) in [7, 11) is 0. The Balaban J connectivity index is 2.22. The zero-order valence-electron chi connectivity index (χ0n) is 12.3. The highest BCUT2D eigenvalue weighted by molar-refractivity contribution is 5.88. The van der Waals surface area contributed by atoms with Crippen molar-refractivity contribution < 1.29 is 9.53 Å². The number of amides is 1. The third-order valence-electron chi connectivity index (χ3n) is 3.28. The van der Waals surface area contributed by atoms with Crippen molar-refractivity contribution in [3.63, 3.8) is 0 Å². The summed E-state index contributed by atoms with van der Waals surface area (Å²) in [6.07, 6.45) is 11.6. The lowest BCUT2D eigenvalue weighted by molar-refractivity contribution is -0.116. The van der Waals surface area contributed by atoms with Crippen molar-refractivity contribution in [2.24, 2.45) is 5.92 Å². The largest absolute Gasteiger partial charge is 0.381 e. The van der Waals surface area contributed by atoms with Gasteiger partial charge in [-0.3, -0.25) is 4.79 Å². The van der Waals surface area contributed by atoms with Crippen LogP contribution in [0.5, 0.6) is 0 Å². The number of allylic oxidation sites excluding steroid dienone is 3. The van der Waals surface area contributed by atoms with E-state index in [-0.39, 0.29) is 5.91 Å². The Morgan fingerprint density at radius 3 is 3.00 bits per heavy atom. The van der Waals surface area contributed by atoms with E-state index in [1.807, 2.05) is 13.0 Å². The summed E-state index contributed by atoms with van der Waals surface area (Å²) in [4.78, 5) is 11.7. The highest BCUT2D eigenvalue weighted by Gasteiger charge is 2.13. The maximum absolute atomic E-state index is 11.7. The molecule has 0 spiro atoms. The average molecular weight is 265 g/mol. The molecule has 0 aromatic rings. The standard InChI is InChI=1S/C16H27NO2/c1-3-4-5-6-8-14(2)11-16(18)17-12-15-9-7-10-19-13-15/h6,8,11,15H,3-5,7,9-10,12-13H2,1-2H3,(H,17,18)/b8-6+,14-11+. The number of rotatable bonds is 7. The fourth-order valence-electron chi connectivity index (χ4n) is 2.11. The number of carbonyl (C=O) groups excluding carboxylic acids is 1. The minimum Gasteiger partial charge on any atom is -0.381 e. The third-order valence-corrected chi connectivity index (χ3v) is 3.28. The van der Waals surface area contributed by atoms with E-state index in [2.05, 4.69) is 18.3 Å². The number of nitrogens with one attached hydrogen (secondary N) is 1. The quantitative estimate of drug-likeness (QED) is 0.436. The minimum atomic E-state index is 0.00298. The van der Waals surface area contributed by atoms with Crippen LogP contribution in [-0.4, -0.2) is 25.7 Å². The molecule has 1 unspecified atom stereocenters. The fraction of sp³-hybridized carbons (Fsp3) is 0.688. The number of ether oxygens (including phenoxy) is 1. The van der Waals surface area contributed by atoms with Crippen LogP contribution >= 0.6 is 0 Å². The van der Waals surface area contributed by atoms with Crippen molar-refractivity contribution in [3.8, 4) is 0 Å². The summed E-state index contributed by atoms with van der Waals surface area (Å²) in [5.74, 6) is 0.481. The highest BCUT2D eigenvalue weighted by atomic mass is 16.5. The predicted octanol–water partition coefficient (Wildman–Crippen LogP) is 3.22. The van der Waals surface area contributed by atoms with Crippen molar-refractivity contribution >= 4 is 5.91 Å². The first-order valence-electron chi connectivity index (χ1n) is 7.42. The third kappa shape index (κ3) is 7.83. The van der Waals surface area contributed by atoms with Crippen LogP contribution in [0.1, 0.15) is 46.0 Å². The first kappa shape index (κ1) is 16.0. The van der Waals surface area contributed by atoms with E-state index in [1.54, 1.807) is 6.08 Å².